The first-order valence-corrected chi connectivity index (χ1v) is 10.1. The fourth-order valence-corrected chi connectivity index (χ4v) is 3.16. The molecule has 8 heteroatoms. The molecule has 1 aliphatic rings. The molecule has 8 nitrogen and oxygen atoms in total. The second-order valence-corrected chi connectivity index (χ2v) is 8.54. The summed E-state index contributed by atoms with van der Waals surface area (Å²) in [5.41, 5.74) is 3.08. The molecule has 29 heavy (non-hydrogen) atoms. The van der Waals surface area contributed by atoms with Gasteiger partial charge in [-0.05, 0) is 37.6 Å². The molecule has 1 aromatic carbocycles. The van der Waals surface area contributed by atoms with Crippen LogP contribution in [-0.4, -0.2) is 87.9 Å². The van der Waals surface area contributed by atoms with E-state index in [0.717, 1.165) is 30.0 Å². The summed E-state index contributed by atoms with van der Waals surface area (Å²) in [4.78, 5) is 18.3. The molecule has 1 aliphatic heterocycles. The maximum Gasteiger partial charge on any atom is 0.275 e. The number of nitrogens with one attached hydrogen (secondary N) is 1. The largest absolute Gasteiger partial charge is 0.370 e. The normalized spacial score (nSPS) is 14.9. The van der Waals surface area contributed by atoms with Gasteiger partial charge in [-0.2, -0.15) is 5.11 Å². The molecular weight excluding hydrogens is 366 g/mol. The second-order valence-electron chi connectivity index (χ2n) is 8.54. The molecule has 0 fully saturated rings. The number of quaternary nitrogens is 1. The van der Waals surface area contributed by atoms with Crippen molar-refractivity contribution < 1.29 is 9.28 Å². The smallest absolute Gasteiger partial charge is 0.275 e. The fraction of sp³-hybridized carbons (Fsp3) is 0.571. The molecule has 0 atom stereocenters. The molecule has 1 N–H and O–H groups in total. The Morgan fingerprint density at radius 3 is 2.41 bits per heavy atom. The van der Waals surface area contributed by atoms with Crippen molar-refractivity contribution in [3.8, 4) is 0 Å². The van der Waals surface area contributed by atoms with Crippen LogP contribution in [0.5, 0.6) is 0 Å². The van der Waals surface area contributed by atoms with E-state index in [4.69, 9.17) is 0 Å². The van der Waals surface area contributed by atoms with E-state index in [2.05, 4.69) is 46.4 Å². The third-order valence-electron chi connectivity index (χ3n) is 4.78. The van der Waals surface area contributed by atoms with E-state index < -0.39 is 0 Å². The van der Waals surface area contributed by atoms with Crippen LogP contribution >= 0.6 is 0 Å². The van der Waals surface area contributed by atoms with Gasteiger partial charge in [0.1, 0.15) is 0 Å². The number of hydrogen-bond donors (Lipinski definition) is 1. The summed E-state index contributed by atoms with van der Waals surface area (Å²) in [6.45, 7) is 6.91. The third kappa shape index (κ3) is 6.74. The molecular formula is C21H36N7O+. The van der Waals surface area contributed by atoms with E-state index >= 15 is 0 Å². The Labute approximate surface area is 175 Å². The molecule has 0 saturated carbocycles. The number of likely N-dealkylation sites (N-methyl/N-ethyl adjacent to an activating group) is 2. The number of hydrogen-bond acceptors (Lipinski definition) is 6. The minimum atomic E-state index is -0.100. The van der Waals surface area contributed by atoms with Crippen molar-refractivity contribution in [2.24, 2.45) is 10.2 Å². The van der Waals surface area contributed by atoms with Crippen LogP contribution in [-0.2, 0) is 4.79 Å². The number of aryl methyl sites for hydroxylation is 1. The minimum absolute atomic E-state index is 0.0804. The van der Waals surface area contributed by atoms with Gasteiger partial charge in [0.05, 0.1) is 26.8 Å². The first kappa shape index (κ1) is 22.7. The Morgan fingerprint density at radius 1 is 1.21 bits per heavy atom. The molecule has 0 unspecified atom stereocenters. The topological polar surface area (TPSA) is 63.5 Å². The van der Waals surface area contributed by atoms with E-state index in [1.54, 1.807) is 0 Å². The maximum absolute atomic E-state index is 12.0. The van der Waals surface area contributed by atoms with Gasteiger partial charge in [-0.1, -0.05) is 0 Å². The van der Waals surface area contributed by atoms with Gasteiger partial charge >= 0.3 is 0 Å². The van der Waals surface area contributed by atoms with Gasteiger partial charge in [0.25, 0.3) is 5.91 Å². The van der Waals surface area contributed by atoms with Gasteiger partial charge in [0.15, 0.2) is 6.54 Å². The Bertz CT molecular complexity index is 742. The number of azo groups is 1. The summed E-state index contributed by atoms with van der Waals surface area (Å²) in [7, 11) is 10.0. The lowest BCUT2D eigenvalue weighted by Crippen LogP contribution is -2.45. The zero-order valence-electron chi connectivity index (χ0n) is 18.9. The molecule has 0 bridgehead atoms. The third-order valence-corrected chi connectivity index (χ3v) is 4.78. The first-order valence-electron chi connectivity index (χ1n) is 10.1. The molecule has 0 aliphatic carbocycles. The Hall–Kier alpha value is -2.61. The lowest BCUT2D eigenvalue weighted by molar-refractivity contribution is -0.862. The molecule has 1 amide bonds. The molecule has 2 rings (SSSR count). The molecule has 1 heterocycles. The van der Waals surface area contributed by atoms with Crippen LogP contribution in [0.1, 0.15) is 12.5 Å². The molecule has 0 saturated heterocycles. The summed E-state index contributed by atoms with van der Waals surface area (Å²) in [5.74, 6) is 0.0804. The SMILES string of the molecule is CCN(CCNC(=O)C[N+](C)(C)C)c1ccc(N=NC2N(C)C=CN2C)c(C)c1. The Morgan fingerprint density at radius 2 is 1.86 bits per heavy atom. The van der Waals surface area contributed by atoms with Gasteiger partial charge in [-0.3, -0.25) is 4.79 Å². The van der Waals surface area contributed by atoms with E-state index in [0.29, 0.717) is 17.6 Å². The number of rotatable bonds is 9. The van der Waals surface area contributed by atoms with E-state index in [-0.39, 0.29) is 12.2 Å². The average Bonchev–Trinajstić information content (AvgIpc) is 2.94. The predicted molar refractivity (Wildman–Crippen MR) is 118 cm³/mol. The van der Waals surface area contributed by atoms with Crippen LogP contribution in [0, 0.1) is 6.92 Å². The van der Waals surface area contributed by atoms with Crippen LogP contribution in [0.15, 0.2) is 40.8 Å². The quantitative estimate of drug-likeness (QED) is 0.509. The van der Waals surface area contributed by atoms with E-state index in [1.807, 2.05) is 63.5 Å². The molecule has 0 aromatic heterocycles. The zero-order valence-corrected chi connectivity index (χ0v) is 18.9. The van der Waals surface area contributed by atoms with Crippen LogP contribution < -0.4 is 10.2 Å². The van der Waals surface area contributed by atoms with Crippen molar-refractivity contribution in [1.82, 2.24) is 15.1 Å². The molecule has 0 radical (unpaired) electrons. The summed E-state index contributed by atoms with van der Waals surface area (Å²) in [6.07, 6.45) is 3.87. The predicted octanol–water partition coefficient (Wildman–Crippen LogP) is 2.36. The Kier molecular flexibility index (Phi) is 7.61. The highest BCUT2D eigenvalue weighted by atomic mass is 16.2. The standard InChI is InChI=1S/C21H35N7O/c1-8-27(12-11-22-20(29)16-28(5,6)7)18-9-10-19(17(2)15-18)23-24-21-25(3)13-14-26(21)4/h9-10,13-15,21H,8,11-12,16H2,1-7H3/p+1. The number of amides is 1. The highest BCUT2D eigenvalue weighted by Crippen LogP contribution is 2.26. The van der Waals surface area contributed by atoms with Gasteiger partial charge in [0.2, 0.25) is 6.29 Å². The van der Waals surface area contributed by atoms with Crippen molar-refractivity contribution in [2.75, 3.05) is 66.3 Å². The van der Waals surface area contributed by atoms with Crippen LogP contribution in [0.3, 0.4) is 0 Å². The number of anilines is 1. The Balaban J connectivity index is 1.95. The van der Waals surface area contributed by atoms with Crippen LogP contribution in [0.4, 0.5) is 11.4 Å². The number of carbonyl (C=O) groups excluding carboxylic acids is 1. The van der Waals surface area contributed by atoms with E-state index in [1.165, 1.54) is 0 Å². The van der Waals surface area contributed by atoms with Crippen molar-refractivity contribution in [2.45, 2.75) is 20.1 Å². The summed E-state index contributed by atoms with van der Waals surface area (Å²) < 4.78 is 0.626. The zero-order chi connectivity index (χ0) is 21.6. The lowest BCUT2D eigenvalue weighted by Gasteiger charge is -2.25. The highest BCUT2D eigenvalue weighted by Gasteiger charge is 2.19. The van der Waals surface area contributed by atoms with Gasteiger partial charge in [-0.15, -0.1) is 5.11 Å². The average molecular weight is 403 g/mol. The van der Waals surface area contributed by atoms with Crippen LogP contribution in [0.2, 0.25) is 0 Å². The maximum atomic E-state index is 12.0. The van der Waals surface area contributed by atoms with Gasteiger partial charge < -0.3 is 24.5 Å². The molecule has 0 spiro atoms. The molecule has 1 aromatic rings. The number of nitrogens with zero attached hydrogens (tertiary/aromatic N) is 6. The van der Waals surface area contributed by atoms with Gasteiger partial charge in [-0.25, -0.2) is 0 Å². The second kappa shape index (κ2) is 9.73. The monoisotopic (exact) mass is 402 g/mol. The number of benzene rings is 1. The van der Waals surface area contributed by atoms with Crippen molar-refractivity contribution in [3.05, 3.63) is 36.2 Å². The van der Waals surface area contributed by atoms with Crippen molar-refractivity contribution in [3.63, 3.8) is 0 Å². The summed E-state index contributed by atoms with van der Waals surface area (Å²) >= 11 is 0. The first-order chi connectivity index (χ1) is 13.6. The highest BCUT2D eigenvalue weighted by molar-refractivity contribution is 5.77. The number of carbonyl (C=O) groups is 1. The van der Waals surface area contributed by atoms with Crippen molar-refractivity contribution in [1.29, 1.82) is 0 Å². The van der Waals surface area contributed by atoms with Crippen molar-refractivity contribution >= 4 is 17.3 Å². The molecule has 160 valence electrons. The lowest BCUT2D eigenvalue weighted by atomic mass is 10.1. The fourth-order valence-electron chi connectivity index (χ4n) is 3.16. The van der Waals surface area contributed by atoms with E-state index in [9.17, 15) is 4.79 Å². The summed E-state index contributed by atoms with van der Waals surface area (Å²) in [5, 5.41) is 11.9. The summed E-state index contributed by atoms with van der Waals surface area (Å²) in [6, 6.07) is 6.21. The minimum Gasteiger partial charge on any atom is -0.370 e. The van der Waals surface area contributed by atoms with Crippen LogP contribution in [0.25, 0.3) is 0 Å². The van der Waals surface area contributed by atoms with Gasteiger partial charge in [0, 0.05) is 51.8 Å².